The van der Waals surface area contributed by atoms with Gasteiger partial charge < -0.3 is 14.6 Å². The molecular weight excluding hydrogens is 498 g/mol. The molecule has 1 aromatic heterocycles. The lowest BCUT2D eigenvalue weighted by Crippen LogP contribution is -2.19. The molecule has 0 unspecified atom stereocenters. The van der Waals surface area contributed by atoms with E-state index in [4.69, 9.17) is 26.2 Å². The van der Waals surface area contributed by atoms with E-state index in [0.29, 0.717) is 47.5 Å². The molecular formula is C27H28ClN3O4S. The zero-order valence-corrected chi connectivity index (χ0v) is 22.0. The molecule has 3 rings (SSSR count). The predicted octanol–water partition coefficient (Wildman–Crippen LogP) is 6.26. The summed E-state index contributed by atoms with van der Waals surface area (Å²) in [5.41, 5.74) is 2.62. The number of hydrogen-bond donors (Lipinski definition) is 1. The number of benzene rings is 2. The van der Waals surface area contributed by atoms with Crippen molar-refractivity contribution in [2.75, 3.05) is 12.9 Å². The second kappa shape index (κ2) is 12.6. The van der Waals surface area contributed by atoms with Gasteiger partial charge in [-0.05, 0) is 60.6 Å². The molecule has 188 valence electrons. The monoisotopic (exact) mass is 525 g/mol. The highest BCUT2D eigenvalue weighted by Gasteiger charge is 2.26. The summed E-state index contributed by atoms with van der Waals surface area (Å²) >= 11 is 8.00. The Balaban J connectivity index is 1.70. The van der Waals surface area contributed by atoms with E-state index in [1.807, 2.05) is 42.7 Å². The number of unbranched alkanes of at least 4 members (excludes halogenated alkanes) is 1. The molecule has 0 saturated heterocycles. The maximum Gasteiger partial charge on any atom is 0.303 e. The number of hydrogen-bond acceptors (Lipinski definition) is 7. The van der Waals surface area contributed by atoms with Gasteiger partial charge in [0.25, 0.3) is 0 Å². The van der Waals surface area contributed by atoms with Crippen LogP contribution in [-0.4, -0.2) is 33.9 Å². The second-order valence-corrected chi connectivity index (χ2v) is 9.80. The van der Waals surface area contributed by atoms with Crippen molar-refractivity contribution in [2.24, 2.45) is 0 Å². The lowest BCUT2D eigenvalue weighted by atomic mass is 9.77. The number of halogens is 1. The van der Waals surface area contributed by atoms with Crippen molar-refractivity contribution in [2.45, 2.75) is 50.3 Å². The van der Waals surface area contributed by atoms with E-state index in [1.54, 1.807) is 12.3 Å². The largest absolute Gasteiger partial charge is 0.491 e. The highest BCUT2D eigenvalue weighted by Crippen LogP contribution is 2.38. The van der Waals surface area contributed by atoms with Gasteiger partial charge in [-0.15, -0.1) is 0 Å². The van der Waals surface area contributed by atoms with E-state index in [1.165, 1.54) is 11.8 Å². The maximum atomic E-state index is 10.6. The summed E-state index contributed by atoms with van der Waals surface area (Å²) in [5, 5.41) is 19.5. The Morgan fingerprint density at radius 2 is 1.89 bits per heavy atom. The van der Waals surface area contributed by atoms with Gasteiger partial charge >= 0.3 is 5.97 Å². The zero-order chi connectivity index (χ0) is 26.1. The summed E-state index contributed by atoms with van der Waals surface area (Å²) in [5.74, 6) is 0.209. The molecule has 1 heterocycles. The van der Waals surface area contributed by atoms with Gasteiger partial charge in [-0.25, -0.2) is 9.97 Å². The van der Waals surface area contributed by atoms with Crippen LogP contribution in [0.15, 0.2) is 53.8 Å². The Bertz CT molecular complexity index is 1240. The summed E-state index contributed by atoms with van der Waals surface area (Å²) in [6.07, 6.45) is 4.79. The summed E-state index contributed by atoms with van der Waals surface area (Å²) < 4.78 is 11.6. The molecule has 1 N–H and O–H groups in total. The van der Waals surface area contributed by atoms with Crippen molar-refractivity contribution in [1.82, 2.24) is 9.97 Å². The molecule has 0 amide bonds. The fourth-order valence-electron chi connectivity index (χ4n) is 3.58. The summed E-state index contributed by atoms with van der Waals surface area (Å²) in [6, 6.07) is 15.4. The van der Waals surface area contributed by atoms with Gasteiger partial charge in [-0.2, -0.15) is 5.26 Å². The summed E-state index contributed by atoms with van der Waals surface area (Å²) in [4.78, 5) is 19.2. The van der Waals surface area contributed by atoms with E-state index < -0.39 is 11.4 Å². The molecule has 7 nitrogen and oxygen atoms in total. The number of nitriles is 1. The normalized spacial score (nSPS) is 11.1. The molecule has 0 bridgehead atoms. The van der Waals surface area contributed by atoms with Gasteiger partial charge in [0.2, 0.25) is 0 Å². The molecule has 3 aromatic rings. The highest BCUT2D eigenvalue weighted by atomic mass is 35.5. The maximum absolute atomic E-state index is 10.6. The quantitative estimate of drug-likeness (QED) is 0.168. The molecule has 0 aliphatic rings. The van der Waals surface area contributed by atoms with Crippen molar-refractivity contribution in [3.05, 3.63) is 76.1 Å². The number of ether oxygens (including phenoxy) is 2. The number of nitrogens with zero attached hydrogens (tertiary/aromatic N) is 3. The Morgan fingerprint density at radius 1 is 1.14 bits per heavy atom. The molecule has 0 aliphatic heterocycles. The molecule has 9 heteroatoms. The first-order valence-corrected chi connectivity index (χ1v) is 13.0. The number of aliphatic carboxylic acids is 1. The zero-order valence-electron chi connectivity index (χ0n) is 20.5. The molecule has 2 aromatic carbocycles. The standard InChI is InChI=1S/C27H28ClN3O4S/c1-27(2,19-7-9-22(10-8-19)35-17-21-11-12-30-26(31-21)36-3)20-14-18(16-29)25(23(28)15-20)34-13-5-4-6-24(32)33/h7-12,14-15H,4-6,13,17H2,1-3H3,(H,32,33). The van der Waals surface area contributed by atoms with Crippen LogP contribution in [0.4, 0.5) is 0 Å². The molecule has 0 fully saturated rings. The number of carboxylic acid groups (broad SMARTS) is 1. The van der Waals surface area contributed by atoms with Gasteiger partial charge in [-0.3, -0.25) is 4.79 Å². The van der Waals surface area contributed by atoms with E-state index in [9.17, 15) is 10.1 Å². The van der Waals surface area contributed by atoms with E-state index >= 15 is 0 Å². The van der Waals surface area contributed by atoms with Crippen LogP contribution in [0.25, 0.3) is 0 Å². The van der Waals surface area contributed by atoms with E-state index in [0.717, 1.165) is 22.6 Å². The summed E-state index contributed by atoms with van der Waals surface area (Å²) in [6.45, 7) is 4.76. The third kappa shape index (κ3) is 7.12. The van der Waals surface area contributed by atoms with Crippen LogP contribution < -0.4 is 9.47 Å². The van der Waals surface area contributed by atoms with Gasteiger partial charge in [0, 0.05) is 18.0 Å². The third-order valence-electron chi connectivity index (χ3n) is 5.75. The van der Waals surface area contributed by atoms with Crippen molar-refractivity contribution < 1.29 is 19.4 Å². The fraction of sp³-hybridized carbons (Fsp3) is 0.333. The molecule has 36 heavy (non-hydrogen) atoms. The minimum absolute atomic E-state index is 0.0821. The first kappa shape index (κ1) is 27.3. The van der Waals surface area contributed by atoms with Gasteiger partial charge in [0.15, 0.2) is 10.9 Å². The van der Waals surface area contributed by atoms with Crippen molar-refractivity contribution in [1.29, 1.82) is 5.26 Å². The minimum Gasteiger partial charge on any atom is -0.491 e. The minimum atomic E-state index is -0.840. The summed E-state index contributed by atoms with van der Waals surface area (Å²) in [7, 11) is 0. The van der Waals surface area contributed by atoms with Crippen LogP contribution in [0.3, 0.4) is 0 Å². The Hall–Kier alpha value is -3.28. The molecule has 0 radical (unpaired) electrons. The van der Waals surface area contributed by atoms with Crippen molar-refractivity contribution in [3.8, 4) is 17.6 Å². The highest BCUT2D eigenvalue weighted by molar-refractivity contribution is 7.98. The first-order valence-electron chi connectivity index (χ1n) is 11.4. The average Bonchev–Trinajstić information content (AvgIpc) is 2.87. The number of carbonyl (C=O) groups is 1. The van der Waals surface area contributed by atoms with Gasteiger partial charge in [0.1, 0.15) is 18.4 Å². The lowest BCUT2D eigenvalue weighted by molar-refractivity contribution is -0.137. The average molecular weight is 526 g/mol. The van der Waals surface area contributed by atoms with Gasteiger partial charge in [-0.1, -0.05) is 49.3 Å². The van der Waals surface area contributed by atoms with Crippen LogP contribution >= 0.6 is 23.4 Å². The first-order chi connectivity index (χ1) is 17.2. The fourth-order valence-corrected chi connectivity index (χ4v) is 4.23. The topological polar surface area (TPSA) is 105 Å². The lowest BCUT2D eigenvalue weighted by Gasteiger charge is -2.27. The van der Waals surface area contributed by atoms with Crippen LogP contribution in [0.5, 0.6) is 11.5 Å². The molecule has 0 saturated carbocycles. The van der Waals surface area contributed by atoms with Crippen molar-refractivity contribution in [3.63, 3.8) is 0 Å². The van der Waals surface area contributed by atoms with Crippen LogP contribution in [0.2, 0.25) is 5.02 Å². The Morgan fingerprint density at radius 3 is 2.56 bits per heavy atom. The van der Waals surface area contributed by atoms with Crippen LogP contribution in [0.1, 0.15) is 55.5 Å². The van der Waals surface area contributed by atoms with Crippen molar-refractivity contribution >= 4 is 29.3 Å². The smallest absolute Gasteiger partial charge is 0.303 e. The van der Waals surface area contributed by atoms with Crippen LogP contribution in [-0.2, 0) is 16.8 Å². The molecule has 0 aliphatic carbocycles. The second-order valence-electron chi connectivity index (χ2n) is 8.62. The number of rotatable bonds is 12. The third-order valence-corrected chi connectivity index (χ3v) is 6.60. The van der Waals surface area contributed by atoms with E-state index in [2.05, 4.69) is 29.9 Å². The predicted molar refractivity (Wildman–Crippen MR) is 140 cm³/mol. The molecule has 0 atom stereocenters. The number of aromatic nitrogens is 2. The number of thioether (sulfide) groups is 1. The number of carboxylic acids is 1. The Labute approximate surface area is 220 Å². The Kier molecular flexibility index (Phi) is 9.57. The van der Waals surface area contributed by atoms with Gasteiger partial charge in [0.05, 0.1) is 22.9 Å². The molecule has 0 spiro atoms. The van der Waals surface area contributed by atoms with E-state index in [-0.39, 0.29) is 6.42 Å². The van der Waals surface area contributed by atoms with Crippen LogP contribution in [0, 0.1) is 11.3 Å². The SMILES string of the molecule is CSc1nccc(COc2ccc(C(C)(C)c3cc(Cl)c(OCCCCC(=O)O)c(C#N)c3)cc2)n1.